The Hall–Kier alpha value is -3.54. The van der Waals surface area contributed by atoms with Gasteiger partial charge in [-0.25, -0.2) is 0 Å². The van der Waals surface area contributed by atoms with Gasteiger partial charge in [-0.1, -0.05) is 18.2 Å². The van der Waals surface area contributed by atoms with E-state index in [1.165, 1.54) is 0 Å². The van der Waals surface area contributed by atoms with Crippen LogP contribution in [0.25, 0.3) is 10.9 Å². The van der Waals surface area contributed by atoms with Crippen LogP contribution in [0.5, 0.6) is 0 Å². The van der Waals surface area contributed by atoms with Gasteiger partial charge in [0.05, 0.1) is 11.8 Å². The molecule has 1 aliphatic rings. The molecule has 0 bridgehead atoms. The third kappa shape index (κ3) is 3.69. The monoisotopic (exact) mass is 357 g/mol. The number of aromatic nitrogens is 2. The molecule has 0 spiro atoms. The van der Waals surface area contributed by atoms with Gasteiger partial charge in [0.2, 0.25) is 0 Å². The lowest BCUT2D eigenvalue weighted by Crippen LogP contribution is -2.30. The minimum atomic E-state index is -0.362. The van der Waals surface area contributed by atoms with Crippen LogP contribution in [0.15, 0.2) is 72.1 Å². The summed E-state index contributed by atoms with van der Waals surface area (Å²) < 4.78 is 0. The van der Waals surface area contributed by atoms with E-state index in [-0.39, 0.29) is 23.4 Å². The number of allylic oxidation sites excluding steroid dienone is 1. The second kappa shape index (κ2) is 7.37. The number of fused-ring (bicyclic) bond motifs is 1. The van der Waals surface area contributed by atoms with Crippen molar-refractivity contribution in [1.29, 1.82) is 5.41 Å². The fourth-order valence-corrected chi connectivity index (χ4v) is 3.08. The molecule has 3 aromatic rings. The summed E-state index contributed by atoms with van der Waals surface area (Å²) in [5.74, 6) is -0.362. The number of aliphatic imine (C=N–C) groups is 1. The molecule has 1 aliphatic heterocycles. The summed E-state index contributed by atoms with van der Waals surface area (Å²) in [7, 11) is 0. The SMILES string of the molecule is N=C1CC/C=C\C(c2cccnc2)N=C1C(=O)Nc1ccc2[nH]ccc2c1. The van der Waals surface area contributed by atoms with Crippen LogP contribution in [0.4, 0.5) is 5.69 Å². The van der Waals surface area contributed by atoms with E-state index in [4.69, 9.17) is 5.41 Å². The minimum Gasteiger partial charge on any atom is -0.361 e. The number of rotatable bonds is 3. The lowest BCUT2D eigenvalue weighted by atomic mass is 10.0. The maximum absolute atomic E-state index is 12.9. The van der Waals surface area contributed by atoms with Gasteiger partial charge in [0.25, 0.3) is 5.91 Å². The number of hydrogen-bond donors (Lipinski definition) is 3. The number of anilines is 1. The van der Waals surface area contributed by atoms with Crippen LogP contribution in [0, 0.1) is 5.41 Å². The van der Waals surface area contributed by atoms with Gasteiger partial charge in [-0.2, -0.15) is 0 Å². The highest BCUT2D eigenvalue weighted by Crippen LogP contribution is 2.22. The first kappa shape index (κ1) is 16.9. The van der Waals surface area contributed by atoms with E-state index in [2.05, 4.69) is 20.3 Å². The predicted octanol–water partition coefficient (Wildman–Crippen LogP) is 4.05. The highest BCUT2D eigenvalue weighted by Gasteiger charge is 2.21. The van der Waals surface area contributed by atoms with Crippen LogP contribution in [0.1, 0.15) is 24.4 Å². The molecule has 1 unspecified atom stereocenters. The van der Waals surface area contributed by atoms with E-state index in [1.807, 2.05) is 54.7 Å². The van der Waals surface area contributed by atoms with Crippen LogP contribution in [0.2, 0.25) is 0 Å². The average molecular weight is 357 g/mol. The molecule has 0 saturated heterocycles. The van der Waals surface area contributed by atoms with E-state index in [0.29, 0.717) is 18.5 Å². The number of benzene rings is 1. The van der Waals surface area contributed by atoms with Crippen LogP contribution >= 0.6 is 0 Å². The van der Waals surface area contributed by atoms with Gasteiger partial charge >= 0.3 is 0 Å². The lowest BCUT2D eigenvalue weighted by Gasteiger charge is -2.15. The van der Waals surface area contributed by atoms with Crippen LogP contribution in [-0.2, 0) is 4.79 Å². The molecule has 0 aliphatic carbocycles. The summed E-state index contributed by atoms with van der Waals surface area (Å²) >= 11 is 0. The fourth-order valence-electron chi connectivity index (χ4n) is 3.08. The molecule has 3 N–H and O–H groups in total. The number of hydrogen-bond acceptors (Lipinski definition) is 4. The number of H-pyrrole nitrogens is 1. The Bertz CT molecular complexity index is 1050. The quantitative estimate of drug-likeness (QED) is 0.617. The molecule has 1 amide bonds. The van der Waals surface area contributed by atoms with Gasteiger partial charge in [-0.15, -0.1) is 0 Å². The Morgan fingerprint density at radius 2 is 2.19 bits per heavy atom. The first-order valence-corrected chi connectivity index (χ1v) is 8.81. The summed E-state index contributed by atoms with van der Waals surface area (Å²) in [6.45, 7) is 0. The summed E-state index contributed by atoms with van der Waals surface area (Å²) in [5, 5.41) is 12.2. The van der Waals surface area contributed by atoms with Gasteiger partial charge in [-0.3, -0.25) is 14.8 Å². The smallest absolute Gasteiger partial charge is 0.275 e. The second-order valence-corrected chi connectivity index (χ2v) is 6.39. The molecular weight excluding hydrogens is 338 g/mol. The standard InChI is InChI=1S/C21H19N5O/c22-17-5-1-2-6-19(15-4-3-10-23-13-15)26-20(17)21(27)25-16-7-8-18-14(12-16)9-11-24-18/h2-4,6-13,19,22,24H,1,5H2,(H,25,27)/b6-2-,22-17?,26-20?. The Kier molecular flexibility index (Phi) is 4.61. The molecule has 2 aromatic heterocycles. The fraction of sp³-hybridized carbons (Fsp3) is 0.143. The minimum absolute atomic E-state index is 0.169. The van der Waals surface area contributed by atoms with E-state index in [9.17, 15) is 4.79 Å². The highest BCUT2D eigenvalue weighted by molar-refractivity contribution is 6.68. The molecule has 6 heteroatoms. The van der Waals surface area contributed by atoms with Crippen molar-refractivity contribution < 1.29 is 4.79 Å². The maximum Gasteiger partial charge on any atom is 0.275 e. The second-order valence-electron chi connectivity index (χ2n) is 6.39. The number of nitrogens with one attached hydrogen (secondary N) is 3. The van der Waals surface area contributed by atoms with Crippen molar-refractivity contribution in [3.63, 3.8) is 0 Å². The normalized spacial score (nSPS) is 18.4. The number of pyridine rings is 1. The Labute approximate surface area is 156 Å². The molecule has 0 radical (unpaired) electrons. The number of aromatic amines is 1. The van der Waals surface area contributed by atoms with Crippen molar-refractivity contribution in [1.82, 2.24) is 9.97 Å². The zero-order valence-electron chi connectivity index (χ0n) is 14.6. The molecule has 3 heterocycles. The molecule has 4 rings (SSSR count). The van der Waals surface area contributed by atoms with Gasteiger partial charge < -0.3 is 15.7 Å². The number of carbonyl (C=O) groups excluding carboxylic acids is 1. The lowest BCUT2D eigenvalue weighted by molar-refractivity contribution is -0.110. The van der Waals surface area contributed by atoms with Gasteiger partial charge in [-0.05, 0) is 48.7 Å². The number of amides is 1. The molecule has 0 saturated carbocycles. The molecule has 27 heavy (non-hydrogen) atoms. The van der Waals surface area contributed by atoms with E-state index >= 15 is 0 Å². The molecule has 6 nitrogen and oxygen atoms in total. The van der Waals surface area contributed by atoms with E-state index in [1.54, 1.807) is 12.4 Å². The molecule has 1 atom stereocenters. The Morgan fingerprint density at radius 1 is 1.26 bits per heavy atom. The predicted molar refractivity (Wildman–Crippen MR) is 107 cm³/mol. The van der Waals surface area contributed by atoms with Gasteiger partial charge in [0, 0.05) is 35.2 Å². The Morgan fingerprint density at radius 3 is 3.04 bits per heavy atom. The third-order valence-electron chi connectivity index (χ3n) is 4.49. The van der Waals surface area contributed by atoms with Crippen LogP contribution in [0.3, 0.4) is 0 Å². The molecule has 0 fully saturated rings. The molecule has 1 aromatic carbocycles. The topological polar surface area (TPSA) is 94.0 Å². The van der Waals surface area contributed by atoms with Crippen molar-refractivity contribution >= 4 is 33.9 Å². The maximum atomic E-state index is 12.9. The average Bonchev–Trinajstić information content (AvgIpc) is 3.13. The highest BCUT2D eigenvalue weighted by atomic mass is 16.1. The van der Waals surface area contributed by atoms with E-state index < -0.39 is 0 Å². The van der Waals surface area contributed by atoms with Crippen LogP contribution in [-0.4, -0.2) is 27.3 Å². The van der Waals surface area contributed by atoms with Crippen molar-refractivity contribution in [3.05, 3.63) is 72.7 Å². The third-order valence-corrected chi connectivity index (χ3v) is 4.49. The van der Waals surface area contributed by atoms with E-state index in [0.717, 1.165) is 16.5 Å². The summed E-state index contributed by atoms with van der Waals surface area (Å²) in [6, 6.07) is 11.0. The summed E-state index contributed by atoms with van der Waals surface area (Å²) in [4.78, 5) is 24.7. The first-order valence-electron chi connectivity index (χ1n) is 8.81. The van der Waals surface area contributed by atoms with Crippen LogP contribution < -0.4 is 5.32 Å². The van der Waals surface area contributed by atoms with Crippen molar-refractivity contribution in [3.8, 4) is 0 Å². The summed E-state index contributed by atoms with van der Waals surface area (Å²) in [6.07, 6.45) is 10.4. The first-order chi connectivity index (χ1) is 13.2. The molecular formula is C21H19N5O. The molecule has 134 valence electrons. The summed E-state index contributed by atoms with van der Waals surface area (Å²) in [5.41, 5.74) is 2.99. The zero-order chi connectivity index (χ0) is 18.6. The zero-order valence-corrected chi connectivity index (χ0v) is 14.6. The van der Waals surface area contributed by atoms with Crippen molar-refractivity contribution in [2.75, 3.05) is 5.32 Å². The number of nitrogens with zero attached hydrogens (tertiary/aromatic N) is 2. The largest absolute Gasteiger partial charge is 0.361 e. The Balaban J connectivity index is 1.64. The van der Waals surface area contributed by atoms with Gasteiger partial charge in [0.1, 0.15) is 5.71 Å². The van der Waals surface area contributed by atoms with Crippen molar-refractivity contribution in [2.24, 2.45) is 4.99 Å². The van der Waals surface area contributed by atoms with Crippen molar-refractivity contribution in [2.45, 2.75) is 18.9 Å². The van der Waals surface area contributed by atoms with Gasteiger partial charge in [0.15, 0.2) is 0 Å². The number of carbonyl (C=O) groups is 1.